The summed E-state index contributed by atoms with van der Waals surface area (Å²) in [5, 5.41) is 4.65. The third kappa shape index (κ3) is 5.50. The van der Waals surface area contributed by atoms with Gasteiger partial charge < -0.3 is 13.9 Å². The van der Waals surface area contributed by atoms with Crippen LogP contribution in [0.2, 0.25) is 4.34 Å². The van der Waals surface area contributed by atoms with E-state index in [1.165, 1.54) is 38.9 Å². The van der Waals surface area contributed by atoms with Crippen LogP contribution in [0.4, 0.5) is 5.82 Å². The number of pyridine rings is 1. The number of halogens is 1. The number of Topliss-reactive ketones (excluding diaryl/α,β-unsaturated/α-hetero) is 1. The number of hydrogen-bond acceptors (Lipinski definition) is 8. The first-order valence-electron chi connectivity index (χ1n) is 11.4. The Balaban J connectivity index is 1.80. The third-order valence-corrected chi connectivity index (χ3v) is 6.86. The molecule has 0 amide bonds. The lowest BCUT2D eigenvalue weighted by Gasteiger charge is -2.22. The molecule has 4 rings (SSSR count). The fourth-order valence-corrected chi connectivity index (χ4v) is 4.90. The van der Waals surface area contributed by atoms with E-state index < -0.39 is 11.2 Å². The maximum absolute atomic E-state index is 13.4. The minimum atomic E-state index is -0.700. The molecule has 9 nitrogen and oxygen atoms in total. The maximum Gasteiger partial charge on any atom is 0.254 e. The lowest BCUT2D eigenvalue weighted by Crippen LogP contribution is -2.31. The van der Waals surface area contributed by atoms with Gasteiger partial charge in [0, 0.05) is 35.0 Å². The highest BCUT2D eigenvalue weighted by Crippen LogP contribution is 2.31. The molecule has 11 heteroatoms. The molecular weight excluding hydrogens is 514 g/mol. The Kier molecular flexibility index (Phi) is 7.33. The summed E-state index contributed by atoms with van der Waals surface area (Å²) in [7, 11) is 1.87. The number of carbonyl (C=O) groups excluding carboxylic acids is 2. The molecule has 0 aliphatic carbocycles. The van der Waals surface area contributed by atoms with E-state index in [0.29, 0.717) is 33.7 Å². The Bertz CT molecular complexity index is 1530. The van der Waals surface area contributed by atoms with Crippen molar-refractivity contribution in [1.82, 2.24) is 19.3 Å². The van der Waals surface area contributed by atoms with E-state index in [4.69, 9.17) is 16.0 Å². The Morgan fingerprint density at radius 2 is 2.00 bits per heavy atom. The van der Waals surface area contributed by atoms with Gasteiger partial charge in [-0.05, 0) is 24.3 Å². The van der Waals surface area contributed by atoms with E-state index in [9.17, 15) is 14.4 Å². The average molecular weight is 540 g/mol. The molecule has 0 aromatic carbocycles. The van der Waals surface area contributed by atoms with Crippen molar-refractivity contribution in [3.63, 3.8) is 0 Å². The van der Waals surface area contributed by atoms with Gasteiger partial charge in [0.25, 0.3) is 11.5 Å². The van der Waals surface area contributed by atoms with Gasteiger partial charge in [0.2, 0.25) is 5.78 Å². The second kappa shape index (κ2) is 10.3. The van der Waals surface area contributed by atoms with Crippen LogP contribution in [0.3, 0.4) is 0 Å². The van der Waals surface area contributed by atoms with Crippen LogP contribution >= 0.6 is 22.9 Å². The first kappa shape index (κ1) is 26.3. The number of aromatic nitrogens is 4. The van der Waals surface area contributed by atoms with Crippen molar-refractivity contribution in [2.24, 2.45) is 5.41 Å². The summed E-state index contributed by atoms with van der Waals surface area (Å²) < 4.78 is 8.45. The number of carbonyl (C=O) groups is 2. The van der Waals surface area contributed by atoms with Crippen molar-refractivity contribution in [1.29, 1.82) is 0 Å². The van der Waals surface area contributed by atoms with E-state index in [0.717, 1.165) is 11.3 Å². The summed E-state index contributed by atoms with van der Waals surface area (Å²) in [5.74, 6) is 0.0111. The standard InChI is InChI=1S/C26H26ClN5O4S/c1-6-19-17(8-10-24(34)31(19)14-20(33)21-12-28-15-36-21)18-11-23(32(29-18)25(35)26(2,3)4)30(5)13-16-7-9-22(27)37-16/h6-12,15H,1,13-14H2,2-5H3. The number of ketones is 1. The number of nitrogens with zero attached hydrogens (tertiary/aromatic N) is 5. The first-order valence-corrected chi connectivity index (χ1v) is 12.6. The molecule has 4 aromatic heterocycles. The Hall–Kier alpha value is -3.76. The molecule has 0 saturated carbocycles. The fraction of sp³-hybridized carbons (Fsp3) is 0.269. The second-order valence-corrected chi connectivity index (χ2v) is 11.3. The van der Waals surface area contributed by atoms with Crippen LogP contribution in [0.25, 0.3) is 17.3 Å². The molecule has 0 spiro atoms. The monoisotopic (exact) mass is 539 g/mol. The Morgan fingerprint density at radius 3 is 2.59 bits per heavy atom. The predicted molar refractivity (Wildman–Crippen MR) is 144 cm³/mol. The minimum Gasteiger partial charge on any atom is -0.440 e. The zero-order chi connectivity index (χ0) is 26.9. The van der Waals surface area contributed by atoms with Crippen LogP contribution < -0.4 is 10.5 Å². The molecule has 37 heavy (non-hydrogen) atoms. The Labute approximate surface area is 222 Å². The zero-order valence-corrected chi connectivity index (χ0v) is 22.5. The molecule has 0 fully saturated rings. The van der Waals surface area contributed by atoms with Crippen molar-refractivity contribution in [2.75, 3.05) is 11.9 Å². The van der Waals surface area contributed by atoms with E-state index in [1.807, 2.05) is 44.9 Å². The lowest BCUT2D eigenvalue weighted by molar-refractivity contribution is 0.0751. The molecule has 0 unspecified atom stereocenters. The van der Waals surface area contributed by atoms with Crippen molar-refractivity contribution >= 4 is 46.5 Å². The van der Waals surface area contributed by atoms with E-state index in [1.54, 1.807) is 12.1 Å². The molecule has 0 N–H and O–H groups in total. The number of oxazole rings is 1. The molecular formula is C26H26ClN5O4S. The van der Waals surface area contributed by atoms with E-state index in [2.05, 4.69) is 16.7 Å². The molecule has 4 aromatic rings. The van der Waals surface area contributed by atoms with Crippen molar-refractivity contribution < 1.29 is 14.0 Å². The van der Waals surface area contributed by atoms with Crippen molar-refractivity contribution in [3.8, 4) is 11.3 Å². The molecule has 0 aliphatic heterocycles. The van der Waals surface area contributed by atoms with Crippen LogP contribution in [0.1, 0.15) is 46.7 Å². The molecule has 4 heterocycles. The normalized spacial score (nSPS) is 11.5. The van der Waals surface area contributed by atoms with E-state index >= 15 is 0 Å². The van der Waals surface area contributed by atoms with Gasteiger partial charge in [-0.3, -0.25) is 14.4 Å². The van der Waals surface area contributed by atoms with Crippen LogP contribution in [-0.2, 0) is 13.1 Å². The number of thiophene rings is 1. The predicted octanol–water partition coefficient (Wildman–Crippen LogP) is 5.26. The van der Waals surface area contributed by atoms with Gasteiger partial charge >= 0.3 is 0 Å². The summed E-state index contributed by atoms with van der Waals surface area (Å²) in [6, 6.07) is 8.53. The van der Waals surface area contributed by atoms with Gasteiger partial charge in [-0.15, -0.1) is 11.3 Å². The van der Waals surface area contributed by atoms with Crippen LogP contribution in [0, 0.1) is 5.41 Å². The molecule has 0 aliphatic rings. The summed E-state index contributed by atoms with van der Waals surface area (Å²) in [5.41, 5.74) is 0.319. The highest BCUT2D eigenvalue weighted by atomic mass is 35.5. The van der Waals surface area contributed by atoms with Gasteiger partial charge in [-0.2, -0.15) is 9.78 Å². The van der Waals surface area contributed by atoms with Crippen molar-refractivity contribution in [2.45, 2.75) is 33.9 Å². The second-order valence-electron chi connectivity index (χ2n) is 9.47. The van der Waals surface area contributed by atoms with Gasteiger partial charge in [0.05, 0.1) is 35.0 Å². The van der Waals surface area contributed by atoms with Gasteiger partial charge in [0.15, 0.2) is 12.2 Å². The molecule has 0 atom stereocenters. The molecule has 0 bridgehead atoms. The number of rotatable bonds is 8. The highest BCUT2D eigenvalue weighted by molar-refractivity contribution is 7.16. The summed E-state index contributed by atoms with van der Waals surface area (Å²) in [4.78, 5) is 45.5. The maximum atomic E-state index is 13.4. The largest absolute Gasteiger partial charge is 0.440 e. The van der Waals surface area contributed by atoms with Crippen molar-refractivity contribution in [3.05, 3.63) is 80.5 Å². The molecule has 0 radical (unpaired) electrons. The van der Waals surface area contributed by atoms with E-state index in [-0.39, 0.29) is 23.8 Å². The lowest BCUT2D eigenvalue weighted by atomic mass is 9.96. The smallest absolute Gasteiger partial charge is 0.254 e. The number of hydrogen-bond donors (Lipinski definition) is 0. The van der Waals surface area contributed by atoms with Gasteiger partial charge in [-0.25, -0.2) is 4.98 Å². The fourth-order valence-electron chi connectivity index (χ4n) is 3.76. The SMILES string of the molecule is C=Cc1c(-c2cc(N(C)Cc3ccc(Cl)s3)n(C(=O)C(C)(C)C)n2)ccc(=O)n1CC(=O)c1cnco1. The zero-order valence-electron chi connectivity index (χ0n) is 20.9. The van der Waals surface area contributed by atoms with Crippen LogP contribution in [0.15, 0.2) is 58.7 Å². The minimum absolute atomic E-state index is 0.0463. The van der Waals surface area contributed by atoms with Crippen LogP contribution in [0.5, 0.6) is 0 Å². The summed E-state index contributed by atoms with van der Waals surface area (Å²) in [6.45, 7) is 9.57. The third-order valence-electron chi connectivity index (χ3n) is 5.64. The first-order chi connectivity index (χ1) is 17.5. The molecule has 192 valence electrons. The summed E-state index contributed by atoms with van der Waals surface area (Å²) >= 11 is 7.56. The van der Waals surface area contributed by atoms with Gasteiger partial charge in [0.1, 0.15) is 5.82 Å². The highest BCUT2D eigenvalue weighted by Gasteiger charge is 2.29. The Morgan fingerprint density at radius 1 is 1.24 bits per heavy atom. The number of anilines is 1. The average Bonchev–Trinajstić information content (AvgIpc) is 3.60. The quantitative estimate of drug-likeness (QED) is 0.281. The van der Waals surface area contributed by atoms with Crippen LogP contribution in [-0.4, -0.2) is 38.1 Å². The summed E-state index contributed by atoms with van der Waals surface area (Å²) in [6.07, 6.45) is 3.95. The molecule has 0 saturated heterocycles. The topological polar surface area (TPSA) is 103 Å². The van der Waals surface area contributed by atoms with Gasteiger partial charge in [-0.1, -0.05) is 39.0 Å².